The average Bonchev–Trinajstić information content (AvgIpc) is 3.16. The Morgan fingerprint density at radius 3 is 1.53 bits per heavy atom. The van der Waals surface area contributed by atoms with Crippen LogP contribution in [0, 0.1) is 0 Å². The van der Waals surface area contributed by atoms with E-state index in [1.165, 1.54) is 128 Å². The molecule has 0 spiro atoms. The molecule has 10 nitrogen and oxygen atoms in total. The first kappa shape index (κ1) is 49.9. The maximum atomic E-state index is 13.0. The van der Waals surface area contributed by atoms with Crippen LogP contribution in [0.25, 0.3) is 0 Å². The SMILES string of the molecule is CCCCCCCCCCCCCCC/C=C/C(O)C(COC1OC(CO)C(O)C(O)C1O)NC(=O)C(O)CCCCCCCCCCCCCCC. The highest BCUT2D eigenvalue weighted by Gasteiger charge is 2.44. The van der Waals surface area contributed by atoms with Crippen LogP contribution in [0.5, 0.6) is 0 Å². The molecular weight excluding hydrogens is 674 g/mol. The minimum atomic E-state index is -1.61. The number of unbranched alkanes of at least 4 members (excludes halogenated alkanes) is 25. The number of hydrogen-bond acceptors (Lipinski definition) is 9. The van der Waals surface area contributed by atoms with Gasteiger partial charge in [-0.25, -0.2) is 0 Å². The average molecular weight is 758 g/mol. The second-order valence-corrected chi connectivity index (χ2v) is 15.6. The molecule has 1 rings (SSSR count). The van der Waals surface area contributed by atoms with Crippen molar-refractivity contribution in [3.63, 3.8) is 0 Å². The molecule has 1 heterocycles. The van der Waals surface area contributed by atoms with Crippen LogP contribution in [-0.4, -0.2) is 98.7 Å². The number of allylic oxidation sites excluding steroid dienone is 1. The molecule has 1 aliphatic heterocycles. The van der Waals surface area contributed by atoms with Gasteiger partial charge in [0.25, 0.3) is 0 Å². The molecule has 0 saturated carbocycles. The van der Waals surface area contributed by atoms with Crippen molar-refractivity contribution < 1.29 is 44.9 Å². The first-order valence-corrected chi connectivity index (χ1v) is 22.0. The zero-order valence-electron chi connectivity index (χ0n) is 33.9. The van der Waals surface area contributed by atoms with E-state index in [2.05, 4.69) is 19.2 Å². The number of carbonyl (C=O) groups is 1. The van der Waals surface area contributed by atoms with Crippen LogP contribution in [0.1, 0.15) is 194 Å². The standard InChI is InChI=1S/C43H83NO9/c1-3-5-7-9-11-13-15-17-18-20-21-23-25-27-29-31-36(46)35(34-52-43-41(50)40(49)39(48)38(33-45)53-43)44-42(51)37(47)32-30-28-26-24-22-19-16-14-12-10-8-6-4-2/h29,31,35-41,43,45-50H,3-28,30,32-34H2,1-2H3,(H,44,51)/b31-29+. The highest BCUT2D eigenvalue weighted by atomic mass is 16.7. The summed E-state index contributed by atoms with van der Waals surface area (Å²) in [5.74, 6) is -0.615. The second kappa shape index (κ2) is 34.2. The largest absolute Gasteiger partial charge is 0.394 e. The van der Waals surface area contributed by atoms with Gasteiger partial charge in [0, 0.05) is 0 Å². The number of aliphatic hydroxyl groups excluding tert-OH is 6. The Hall–Kier alpha value is -1.11. The molecule has 8 atom stereocenters. The third-order valence-corrected chi connectivity index (χ3v) is 10.7. The van der Waals surface area contributed by atoms with Crippen LogP contribution < -0.4 is 5.32 Å². The summed E-state index contributed by atoms with van der Waals surface area (Å²) in [6.07, 6.45) is 27.2. The zero-order valence-corrected chi connectivity index (χ0v) is 33.9. The molecule has 53 heavy (non-hydrogen) atoms. The molecule has 7 N–H and O–H groups in total. The monoisotopic (exact) mass is 758 g/mol. The molecule has 0 aromatic heterocycles. The topological polar surface area (TPSA) is 169 Å². The summed E-state index contributed by atoms with van der Waals surface area (Å²) < 4.78 is 11.1. The minimum absolute atomic E-state index is 0.301. The Kier molecular flexibility index (Phi) is 32.2. The van der Waals surface area contributed by atoms with E-state index in [1.807, 2.05) is 6.08 Å². The van der Waals surface area contributed by atoms with E-state index >= 15 is 0 Å². The fraction of sp³-hybridized carbons (Fsp3) is 0.930. The van der Waals surface area contributed by atoms with Crippen molar-refractivity contribution in [3.05, 3.63) is 12.2 Å². The summed E-state index contributed by atoms with van der Waals surface area (Å²) in [6.45, 7) is 3.60. The Morgan fingerprint density at radius 1 is 0.642 bits per heavy atom. The van der Waals surface area contributed by atoms with Gasteiger partial charge in [0.15, 0.2) is 6.29 Å². The van der Waals surface area contributed by atoms with E-state index in [1.54, 1.807) is 6.08 Å². The van der Waals surface area contributed by atoms with E-state index in [-0.39, 0.29) is 6.61 Å². The Morgan fingerprint density at radius 2 is 1.08 bits per heavy atom. The summed E-state index contributed by atoms with van der Waals surface area (Å²) in [6, 6.07) is -0.973. The quantitative estimate of drug-likeness (QED) is 0.0252. The molecule has 0 bridgehead atoms. The van der Waals surface area contributed by atoms with Gasteiger partial charge in [-0.3, -0.25) is 4.79 Å². The van der Waals surface area contributed by atoms with Crippen molar-refractivity contribution in [1.29, 1.82) is 0 Å². The normalized spacial score (nSPS) is 22.3. The van der Waals surface area contributed by atoms with Gasteiger partial charge in [0.1, 0.15) is 30.5 Å². The van der Waals surface area contributed by atoms with E-state index < -0.39 is 61.5 Å². The minimum Gasteiger partial charge on any atom is -0.394 e. The van der Waals surface area contributed by atoms with Crippen molar-refractivity contribution in [2.45, 2.75) is 243 Å². The predicted molar refractivity (Wildman–Crippen MR) is 213 cm³/mol. The molecule has 10 heteroatoms. The van der Waals surface area contributed by atoms with Crippen LogP contribution in [-0.2, 0) is 14.3 Å². The molecule has 8 unspecified atom stereocenters. The predicted octanol–water partition coefficient (Wildman–Crippen LogP) is 7.53. The lowest BCUT2D eigenvalue weighted by molar-refractivity contribution is -0.302. The van der Waals surface area contributed by atoms with Gasteiger partial charge in [0.05, 0.1) is 25.4 Å². The van der Waals surface area contributed by atoms with Crippen molar-refractivity contribution in [2.24, 2.45) is 0 Å². The molecule has 1 amide bonds. The molecule has 314 valence electrons. The molecule has 1 aliphatic rings. The number of amides is 1. The van der Waals surface area contributed by atoms with Crippen molar-refractivity contribution in [3.8, 4) is 0 Å². The fourth-order valence-electron chi connectivity index (χ4n) is 7.04. The lowest BCUT2D eigenvalue weighted by atomic mass is 9.99. The number of hydrogen-bond donors (Lipinski definition) is 7. The van der Waals surface area contributed by atoms with E-state index in [4.69, 9.17) is 9.47 Å². The molecule has 0 aromatic rings. The van der Waals surface area contributed by atoms with E-state index in [0.29, 0.717) is 6.42 Å². The highest BCUT2D eigenvalue weighted by Crippen LogP contribution is 2.23. The number of aliphatic hydroxyl groups is 6. The van der Waals surface area contributed by atoms with Gasteiger partial charge < -0.3 is 45.4 Å². The van der Waals surface area contributed by atoms with Gasteiger partial charge in [-0.05, 0) is 19.3 Å². The number of nitrogens with one attached hydrogen (secondary N) is 1. The summed E-state index contributed by atoms with van der Waals surface area (Å²) in [4.78, 5) is 13.0. The first-order valence-electron chi connectivity index (χ1n) is 22.0. The van der Waals surface area contributed by atoms with Gasteiger partial charge in [-0.15, -0.1) is 0 Å². The Bertz CT molecular complexity index is 860. The van der Waals surface area contributed by atoms with Gasteiger partial charge >= 0.3 is 0 Å². The molecule has 1 saturated heterocycles. The summed E-state index contributed by atoms with van der Waals surface area (Å²) >= 11 is 0. The molecule has 0 radical (unpaired) electrons. The molecule has 1 fully saturated rings. The molecular formula is C43H83NO9. The smallest absolute Gasteiger partial charge is 0.249 e. The van der Waals surface area contributed by atoms with Gasteiger partial charge in [0.2, 0.25) is 5.91 Å². The van der Waals surface area contributed by atoms with Gasteiger partial charge in [-0.2, -0.15) is 0 Å². The Labute approximate surface area is 323 Å². The van der Waals surface area contributed by atoms with Crippen molar-refractivity contribution in [1.82, 2.24) is 5.32 Å². The van der Waals surface area contributed by atoms with Crippen LogP contribution in [0.3, 0.4) is 0 Å². The molecule has 0 aliphatic carbocycles. The summed E-state index contributed by atoms with van der Waals surface area (Å²) in [5.41, 5.74) is 0. The third kappa shape index (κ3) is 24.9. The van der Waals surface area contributed by atoms with Crippen LogP contribution in [0.15, 0.2) is 12.2 Å². The van der Waals surface area contributed by atoms with Crippen LogP contribution >= 0.6 is 0 Å². The lowest BCUT2D eigenvalue weighted by Gasteiger charge is -2.40. The number of rotatable bonds is 36. The number of carbonyl (C=O) groups excluding carboxylic acids is 1. The maximum absolute atomic E-state index is 13.0. The maximum Gasteiger partial charge on any atom is 0.249 e. The van der Waals surface area contributed by atoms with Crippen molar-refractivity contribution in [2.75, 3.05) is 13.2 Å². The van der Waals surface area contributed by atoms with E-state index in [0.717, 1.165) is 44.9 Å². The second-order valence-electron chi connectivity index (χ2n) is 15.6. The van der Waals surface area contributed by atoms with E-state index in [9.17, 15) is 35.4 Å². The number of ether oxygens (including phenoxy) is 2. The summed E-state index contributed by atoms with van der Waals surface area (Å²) in [5, 5.41) is 64.5. The lowest BCUT2D eigenvalue weighted by Crippen LogP contribution is -2.60. The zero-order chi connectivity index (χ0) is 38.9. The Balaban J connectivity index is 2.46. The summed E-state index contributed by atoms with van der Waals surface area (Å²) in [7, 11) is 0. The first-order chi connectivity index (χ1) is 25.8. The highest BCUT2D eigenvalue weighted by molar-refractivity contribution is 5.80. The van der Waals surface area contributed by atoms with Gasteiger partial charge in [-0.1, -0.05) is 187 Å². The third-order valence-electron chi connectivity index (χ3n) is 10.7. The fourth-order valence-corrected chi connectivity index (χ4v) is 7.04. The van der Waals surface area contributed by atoms with Crippen LogP contribution in [0.2, 0.25) is 0 Å². The van der Waals surface area contributed by atoms with Crippen molar-refractivity contribution >= 4 is 5.91 Å². The van der Waals surface area contributed by atoms with Crippen LogP contribution in [0.4, 0.5) is 0 Å². The molecule has 0 aromatic carbocycles.